The molecule has 0 aromatic heterocycles. The second kappa shape index (κ2) is 5.53. The Bertz CT molecular complexity index is 440. The number of amides is 1. The molecular formula is C15H22N2O. The van der Waals surface area contributed by atoms with E-state index in [0.717, 1.165) is 0 Å². The molecule has 1 aromatic carbocycles. The molecule has 0 saturated heterocycles. The second-order valence-corrected chi connectivity index (χ2v) is 5.39. The van der Waals surface area contributed by atoms with Gasteiger partial charge in [0.15, 0.2) is 0 Å². The molecular weight excluding hydrogens is 224 g/mol. The molecule has 18 heavy (non-hydrogen) atoms. The number of rotatable bonds is 4. The largest absolute Gasteiger partial charge is 0.341 e. The number of fused-ring (bicyclic) bond motifs is 1. The summed E-state index contributed by atoms with van der Waals surface area (Å²) in [6.07, 6.45) is 4.06. The smallest absolute Gasteiger partial charge is 0.224 e. The van der Waals surface area contributed by atoms with Gasteiger partial charge in [-0.05, 0) is 42.9 Å². The van der Waals surface area contributed by atoms with Crippen molar-refractivity contribution in [2.45, 2.75) is 45.2 Å². The summed E-state index contributed by atoms with van der Waals surface area (Å²) in [4.78, 5) is 13.6. The molecule has 0 aliphatic heterocycles. The lowest BCUT2D eigenvalue weighted by atomic mass is 10.1. The highest BCUT2D eigenvalue weighted by molar-refractivity contribution is 5.76. The van der Waals surface area contributed by atoms with E-state index in [0.29, 0.717) is 13.0 Å². The number of carbonyl (C=O) groups is 1. The van der Waals surface area contributed by atoms with E-state index in [1.807, 2.05) is 14.0 Å². The summed E-state index contributed by atoms with van der Waals surface area (Å²) < 4.78 is 0. The number of hydrogen-bond acceptors (Lipinski definition) is 2. The van der Waals surface area contributed by atoms with Crippen LogP contribution in [0.25, 0.3) is 0 Å². The molecule has 98 valence electrons. The Hall–Kier alpha value is -1.35. The highest BCUT2D eigenvalue weighted by Crippen LogP contribution is 2.23. The van der Waals surface area contributed by atoms with Crippen molar-refractivity contribution in [3.8, 4) is 0 Å². The monoisotopic (exact) mass is 246 g/mol. The van der Waals surface area contributed by atoms with Gasteiger partial charge in [0.25, 0.3) is 0 Å². The van der Waals surface area contributed by atoms with Crippen molar-refractivity contribution in [2.75, 3.05) is 7.05 Å². The molecule has 3 nitrogen and oxygen atoms in total. The van der Waals surface area contributed by atoms with Gasteiger partial charge < -0.3 is 10.6 Å². The van der Waals surface area contributed by atoms with Crippen LogP contribution in [0.3, 0.4) is 0 Å². The van der Waals surface area contributed by atoms with Gasteiger partial charge in [-0.15, -0.1) is 0 Å². The van der Waals surface area contributed by atoms with Gasteiger partial charge in [0.2, 0.25) is 5.91 Å². The Morgan fingerprint density at radius 3 is 2.83 bits per heavy atom. The zero-order valence-corrected chi connectivity index (χ0v) is 11.3. The average molecular weight is 246 g/mol. The molecule has 0 spiro atoms. The van der Waals surface area contributed by atoms with E-state index in [1.165, 1.54) is 36.0 Å². The highest BCUT2D eigenvalue weighted by Gasteiger charge is 2.14. The second-order valence-electron chi connectivity index (χ2n) is 5.39. The quantitative estimate of drug-likeness (QED) is 0.881. The van der Waals surface area contributed by atoms with Crippen molar-refractivity contribution >= 4 is 5.91 Å². The molecule has 0 heterocycles. The summed E-state index contributed by atoms with van der Waals surface area (Å²) in [5, 5.41) is 0. The van der Waals surface area contributed by atoms with E-state index < -0.39 is 0 Å². The number of nitrogens with zero attached hydrogens (tertiary/aromatic N) is 1. The Labute approximate surface area is 109 Å². The Morgan fingerprint density at radius 2 is 2.11 bits per heavy atom. The molecule has 1 aliphatic rings. The van der Waals surface area contributed by atoms with Gasteiger partial charge in [-0.2, -0.15) is 0 Å². The minimum absolute atomic E-state index is 0.0695. The summed E-state index contributed by atoms with van der Waals surface area (Å²) in [6, 6.07) is 6.53. The zero-order valence-electron chi connectivity index (χ0n) is 11.3. The summed E-state index contributed by atoms with van der Waals surface area (Å²) >= 11 is 0. The lowest BCUT2D eigenvalue weighted by molar-refractivity contribution is -0.130. The Morgan fingerprint density at radius 1 is 1.39 bits per heavy atom. The topological polar surface area (TPSA) is 46.3 Å². The van der Waals surface area contributed by atoms with Crippen LogP contribution < -0.4 is 5.73 Å². The molecule has 1 aromatic rings. The van der Waals surface area contributed by atoms with Crippen LogP contribution >= 0.6 is 0 Å². The molecule has 0 bridgehead atoms. The molecule has 0 saturated carbocycles. The maximum atomic E-state index is 11.8. The van der Waals surface area contributed by atoms with E-state index >= 15 is 0 Å². The van der Waals surface area contributed by atoms with Gasteiger partial charge >= 0.3 is 0 Å². The number of nitrogens with two attached hydrogens (primary N) is 1. The van der Waals surface area contributed by atoms with Crippen LogP contribution in [0.1, 0.15) is 36.5 Å². The SMILES string of the molecule is CC(N)CC(=O)N(C)Cc1ccc2c(c1)CCC2. The Balaban J connectivity index is 1.99. The summed E-state index contributed by atoms with van der Waals surface area (Å²) in [6.45, 7) is 2.54. The van der Waals surface area contributed by atoms with Crippen molar-refractivity contribution in [1.29, 1.82) is 0 Å². The van der Waals surface area contributed by atoms with E-state index in [9.17, 15) is 4.79 Å². The third kappa shape index (κ3) is 3.10. The first-order chi connectivity index (χ1) is 8.56. The van der Waals surface area contributed by atoms with Crippen LogP contribution in [0.2, 0.25) is 0 Å². The predicted molar refractivity (Wildman–Crippen MR) is 73.2 cm³/mol. The molecule has 0 fully saturated rings. The lowest BCUT2D eigenvalue weighted by Crippen LogP contribution is -2.31. The van der Waals surface area contributed by atoms with Gasteiger partial charge in [-0.25, -0.2) is 0 Å². The minimum Gasteiger partial charge on any atom is -0.341 e. The average Bonchev–Trinajstić information content (AvgIpc) is 2.75. The molecule has 1 amide bonds. The normalized spacial score (nSPS) is 15.3. The van der Waals surface area contributed by atoms with E-state index in [2.05, 4.69) is 18.2 Å². The van der Waals surface area contributed by atoms with Gasteiger partial charge in [-0.3, -0.25) is 4.79 Å². The third-order valence-corrected chi connectivity index (χ3v) is 3.51. The van der Waals surface area contributed by atoms with Crippen molar-refractivity contribution in [3.05, 3.63) is 34.9 Å². The van der Waals surface area contributed by atoms with Gasteiger partial charge in [-0.1, -0.05) is 18.2 Å². The zero-order chi connectivity index (χ0) is 13.1. The molecule has 0 radical (unpaired) electrons. The highest BCUT2D eigenvalue weighted by atomic mass is 16.2. The van der Waals surface area contributed by atoms with E-state index in [1.54, 1.807) is 4.90 Å². The first kappa shape index (κ1) is 13.1. The molecule has 2 N–H and O–H groups in total. The molecule has 1 atom stereocenters. The number of aryl methyl sites for hydroxylation is 2. The Kier molecular flexibility index (Phi) is 4.02. The fourth-order valence-corrected chi connectivity index (χ4v) is 2.52. The third-order valence-electron chi connectivity index (χ3n) is 3.51. The summed E-state index contributed by atoms with van der Waals surface area (Å²) in [7, 11) is 1.85. The standard InChI is InChI=1S/C15H22N2O/c1-11(16)8-15(18)17(2)10-12-6-7-13-4-3-5-14(13)9-12/h6-7,9,11H,3-5,8,10,16H2,1-2H3. The number of carbonyl (C=O) groups excluding carboxylic acids is 1. The predicted octanol–water partition coefficient (Wildman–Crippen LogP) is 1.87. The van der Waals surface area contributed by atoms with Crippen LogP contribution in [0, 0.1) is 0 Å². The fourth-order valence-electron chi connectivity index (χ4n) is 2.52. The number of benzene rings is 1. The van der Waals surface area contributed by atoms with Crippen molar-refractivity contribution in [2.24, 2.45) is 5.73 Å². The van der Waals surface area contributed by atoms with Gasteiger partial charge in [0.05, 0.1) is 0 Å². The molecule has 3 heteroatoms. The summed E-state index contributed by atoms with van der Waals surface area (Å²) in [5.74, 6) is 0.116. The number of hydrogen-bond donors (Lipinski definition) is 1. The first-order valence-electron chi connectivity index (χ1n) is 6.66. The molecule has 1 aliphatic carbocycles. The molecule has 2 rings (SSSR count). The van der Waals surface area contributed by atoms with E-state index in [-0.39, 0.29) is 11.9 Å². The van der Waals surface area contributed by atoms with Crippen LogP contribution in [0.5, 0.6) is 0 Å². The molecule has 1 unspecified atom stereocenters. The minimum atomic E-state index is -0.0695. The van der Waals surface area contributed by atoms with E-state index in [4.69, 9.17) is 5.73 Å². The fraction of sp³-hybridized carbons (Fsp3) is 0.533. The van der Waals surface area contributed by atoms with Crippen molar-refractivity contribution in [1.82, 2.24) is 4.90 Å². The summed E-state index contributed by atoms with van der Waals surface area (Å²) in [5.41, 5.74) is 9.80. The van der Waals surface area contributed by atoms with Gasteiger partial charge in [0.1, 0.15) is 0 Å². The van der Waals surface area contributed by atoms with Crippen LogP contribution in [0.15, 0.2) is 18.2 Å². The van der Waals surface area contributed by atoms with Crippen molar-refractivity contribution < 1.29 is 4.79 Å². The first-order valence-corrected chi connectivity index (χ1v) is 6.66. The lowest BCUT2D eigenvalue weighted by Gasteiger charge is -2.19. The maximum absolute atomic E-state index is 11.8. The van der Waals surface area contributed by atoms with Gasteiger partial charge in [0, 0.05) is 26.1 Å². The van der Waals surface area contributed by atoms with Crippen molar-refractivity contribution in [3.63, 3.8) is 0 Å². The maximum Gasteiger partial charge on any atom is 0.224 e. The van der Waals surface area contributed by atoms with Crippen LogP contribution in [-0.4, -0.2) is 23.9 Å². The van der Waals surface area contributed by atoms with Crippen LogP contribution in [-0.2, 0) is 24.2 Å². The van der Waals surface area contributed by atoms with Crippen LogP contribution in [0.4, 0.5) is 0 Å².